The van der Waals surface area contributed by atoms with E-state index in [9.17, 15) is 4.79 Å². The Morgan fingerprint density at radius 3 is 2.81 bits per heavy atom. The molecule has 0 aliphatic carbocycles. The first-order valence-corrected chi connectivity index (χ1v) is 9.81. The molecule has 2 aliphatic rings. The van der Waals surface area contributed by atoms with Crippen LogP contribution in [0.1, 0.15) is 30.3 Å². The molecule has 2 aromatic rings. The van der Waals surface area contributed by atoms with Gasteiger partial charge in [-0.3, -0.25) is 4.79 Å². The van der Waals surface area contributed by atoms with Crippen LogP contribution < -0.4 is 10.2 Å². The molecule has 9 heteroatoms. The molecule has 1 amide bonds. The smallest absolute Gasteiger partial charge is 0.238 e. The number of ether oxygens (including phenoxy) is 1. The maximum absolute atomic E-state index is 13.2. The summed E-state index contributed by atoms with van der Waals surface area (Å²) >= 11 is 7.78. The average Bonchev–Trinajstić information content (AvgIpc) is 3.30. The molecule has 26 heavy (non-hydrogen) atoms. The van der Waals surface area contributed by atoms with E-state index >= 15 is 0 Å². The lowest BCUT2D eigenvalue weighted by molar-refractivity contribution is -0.129. The van der Waals surface area contributed by atoms with Gasteiger partial charge in [0.25, 0.3) is 0 Å². The van der Waals surface area contributed by atoms with Crippen LogP contribution in [0.3, 0.4) is 0 Å². The van der Waals surface area contributed by atoms with E-state index in [0.717, 1.165) is 37.3 Å². The van der Waals surface area contributed by atoms with Gasteiger partial charge in [-0.1, -0.05) is 29.4 Å². The van der Waals surface area contributed by atoms with Crippen molar-refractivity contribution in [1.82, 2.24) is 19.8 Å². The van der Waals surface area contributed by atoms with Gasteiger partial charge in [-0.25, -0.2) is 4.68 Å². The van der Waals surface area contributed by atoms with Crippen LogP contribution in [0.2, 0.25) is 5.02 Å². The number of hydrogen-bond donors (Lipinski definition) is 1. The van der Waals surface area contributed by atoms with Gasteiger partial charge in [0.2, 0.25) is 11.1 Å². The summed E-state index contributed by atoms with van der Waals surface area (Å²) in [5.41, 5.74) is 4.33. The van der Waals surface area contributed by atoms with E-state index in [0.29, 0.717) is 15.9 Å². The largest absolute Gasteiger partial charge is 0.495 e. The molecule has 1 saturated heterocycles. The molecule has 3 heterocycles. The summed E-state index contributed by atoms with van der Waals surface area (Å²) in [5.74, 6) is 1.50. The first-order valence-electron chi connectivity index (χ1n) is 8.56. The number of benzene rings is 1. The molecule has 2 atom stereocenters. The monoisotopic (exact) mass is 393 g/mol. The Hall–Kier alpha value is -1.93. The second-order valence-corrected chi connectivity index (χ2v) is 7.95. The third-order valence-electron chi connectivity index (χ3n) is 4.79. The number of likely N-dealkylation sites (tertiary alicyclic amines) is 1. The highest BCUT2D eigenvalue weighted by Crippen LogP contribution is 2.40. The van der Waals surface area contributed by atoms with Crippen molar-refractivity contribution in [2.45, 2.75) is 36.2 Å². The minimum Gasteiger partial charge on any atom is -0.495 e. The van der Waals surface area contributed by atoms with Gasteiger partial charge in [-0.15, -0.1) is 10.2 Å². The summed E-state index contributed by atoms with van der Waals surface area (Å²) in [4.78, 5) is 15.1. The molecule has 2 aliphatic heterocycles. The third kappa shape index (κ3) is 3.01. The number of aryl methyl sites for hydroxylation is 1. The molecule has 1 fully saturated rings. The van der Waals surface area contributed by atoms with E-state index in [-0.39, 0.29) is 17.2 Å². The second kappa shape index (κ2) is 7.00. The number of carbonyl (C=O) groups excluding carboxylic acids is 1. The number of fused-ring (bicyclic) bond motifs is 1. The van der Waals surface area contributed by atoms with E-state index in [4.69, 9.17) is 16.3 Å². The summed E-state index contributed by atoms with van der Waals surface area (Å²) in [6.45, 7) is 3.51. The van der Waals surface area contributed by atoms with Gasteiger partial charge in [0.15, 0.2) is 0 Å². The quantitative estimate of drug-likeness (QED) is 0.864. The van der Waals surface area contributed by atoms with Crippen LogP contribution in [0, 0.1) is 6.92 Å². The molecule has 0 saturated carbocycles. The van der Waals surface area contributed by atoms with Crippen LogP contribution in [0.25, 0.3) is 0 Å². The molecule has 138 valence electrons. The maximum atomic E-state index is 13.2. The van der Waals surface area contributed by atoms with Gasteiger partial charge in [0.1, 0.15) is 16.8 Å². The summed E-state index contributed by atoms with van der Waals surface area (Å²) in [7, 11) is 1.59. The second-order valence-electron chi connectivity index (χ2n) is 6.44. The number of hydrogen-bond acceptors (Lipinski definition) is 6. The fourth-order valence-electron chi connectivity index (χ4n) is 3.39. The van der Waals surface area contributed by atoms with Crippen LogP contribution >= 0.6 is 23.4 Å². The number of nitrogens with one attached hydrogen (secondary N) is 1. The van der Waals surface area contributed by atoms with Gasteiger partial charge >= 0.3 is 0 Å². The molecule has 7 nitrogen and oxygen atoms in total. The van der Waals surface area contributed by atoms with Crippen molar-refractivity contribution in [2.24, 2.45) is 0 Å². The Balaban J connectivity index is 1.71. The molecule has 0 spiro atoms. The molecular weight excluding hydrogens is 374 g/mol. The van der Waals surface area contributed by atoms with Gasteiger partial charge in [0, 0.05) is 13.1 Å². The van der Waals surface area contributed by atoms with Crippen LogP contribution in [0.5, 0.6) is 5.75 Å². The van der Waals surface area contributed by atoms with Crippen LogP contribution in [0.15, 0.2) is 23.4 Å². The third-order valence-corrected chi connectivity index (χ3v) is 6.29. The van der Waals surface area contributed by atoms with Crippen molar-refractivity contribution in [3.05, 3.63) is 34.6 Å². The lowest BCUT2D eigenvalue weighted by Crippen LogP contribution is -2.45. The fraction of sp³-hybridized carbons (Fsp3) is 0.471. The van der Waals surface area contributed by atoms with Crippen LogP contribution in [-0.4, -0.2) is 51.1 Å². The van der Waals surface area contributed by atoms with Crippen molar-refractivity contribution in [3.63, 3.8) is 0 Å². The Bertz CT molecular complexity index is 837. The zero-order valence-electron chi connectivity index (χ0n) is 14.6. The number of halogens is 1. The van der Waals surface area contributed by atoms with E-state index in [1.807, 2.05) is 34.7 Å². The van der Waals surface area contributed by atoms with Gasteiger partial charge in [-0.05, 0) is 37.5 Å². The van der Waals surface area contributed by atoms with Crippen molar-refractivity contribution in [3.8, 4) is 5.75 Å². The summed E-state index contributed by atoms with van der Waals surface area (Å²) in [5, 5.41) is 9.21. The predicted molar refractivity (Wildman–Crippen MR) is 100 cm³/mol. The first-order chi connectivity index (χ1) is 12.6. The zero-order valence-corrected chi connectivity index (χ0v) is 16.2. The SMILES string of the molecule is COc1ccc([C@@H]2Nn3c(C)nnc3S[C@@H]2C(=O)N2CCCC2)cc1Cl. The Labute approximate surface area is 161 Å². The number of nitrogens with zero attached hydrogens (tertiary/aromatic N) is 4. The number of amides is 1. The lowest BCUT2D eigenvalue weighted by atomic mass is 10.0. The van der Waals surface area contributed by atoms with Crippen LogP contribution in [-0.2, 0) is 4.79 Å². The van der Waals surface area contributed by atoms with Crippen molar-refractivity contribution < 1.29 is 9.53 Å². The molecule has 0 unspecified atom stereocenters. The molecule has 4 rings (SSSR count). The summed E-state index contributed by atoms with van der Waals surface area (Å²) < 4.78 is 7.08. The van der Waals surface area contributed by atoms with E-state index in [2.05, 4.69) is 15.6 Å². The standard InChI is InChI=1S/C17H20ClN5O2S/c1-10-19-20-17-23(10)21-14(11-5-6-13(25-2)12(18)9-11)15(26-17)16(24)22-7-3-4-8-22/h5-6,9,14-15,21H,3-4,7-8H2,1-2H3/t14-,15-/m0/s1. The first kappa shape index (κ1) is 17.5. The molecular formula is C17H20ClN5O2S. The van der Waals surface area contributed by atoms with Crippen molar-refractivity contribution in [2.75, 3.05) is 25.6 Å². The Kier molecular flexibility index (Phi) is 4.71. The highest BCUT2D eigenvalue weighted by molar-refractivity contribution is 8.00. The van der Waals surface area contributed by atoms with E-state index in [1.165, 1.54) is 11.8 Å². The van der Waals surface area contributed by atoms with E-state index < -0.39 is 0 Å². The molecule has 1 aromatic heterocycles. The Morgan fingerprint density at radius 1 is 1.35 bits per heavy atom. The van der Waals surface area contributed by atoms with Crippen molar-refractivity contribution in [1.29, 1.82) is 0 Å². The highest BCUT2D eigenvalue weighted by Gasteiger charge is 2.40. The number of methoxy groups -OCH3 is 1. The number of carbonyl (C=O) groups is 1. The van der Waals surface area contributed by atoms with Gasteiger partial charge in [-0.2, -0.15) is 0 Å². The minimum absolute atomic E-state index is 0.129. The van der Waals surface area contributed by atoms with Crippen LogP contribution in [0.4, 0.5) is 0 Å². The maximum Gasteiger partial charge on any atom is 0.238 e. The topological polar surface area (TPSA) is 72.3 Å². The van der Waals surface area contributed by atoms with Crippen molar-refractivity contribution >= 4 is 29.3 Å². The minimum atomic E-state index is -0.325. The number of thioether (sulfide) groups is 1. The van der Waals surface area contributed by atoms with Gasteiger partial charge in [0.05, 0.1) is 18.2 Å². The Morgan fingerprint density at radius 2 is 2.12 bits per heavy atom. The summed E-state index contributed by atoms with van der Waals surface area (Å²) in [6, 6.07) is 5.39. The fourth-order valence-corrected chi connectivity index (χ4v) is 4.87. The normalized spacial score (nSPS) is 22.0. The number of rotatable bonds is 3. The lowest BCUT2D eigenvalue weighted by Gasteiger charge is -2.34. The molecule has 0 bridgehead atoms. The molecule has 1 aromatic carbocycles. The molecule has 1 N–H and O–H groups in total. The molecule has 0 radical (unpaired) electrons. The highest BCUT2D eigenvalue weighted by atomic mass is 35.5. The van der Waals surface area contributed by atoms with Gasteiger partial charge < -0.3 is 15.1 Å². The predicted octanol–water partition coefficient (Wildman–Crippen LogP) is 2.63. The summed E-state index contributed by atoms with van der Waals surface area (Å²) in [6.07, 6.45) is 2.12. The number of aromatic nitrogens is 3. The van der Waals surface area contributed by atoms with E-state index in [1.54, 1.807) is 7.11 Å². The average molecular weight is 394 g/mol. The zero-order chi connectivity index (χ0) is 18.3.